The maximum atomic E-state index is 14.4. The standard InChI is InChI=1S/C19H20F4IN3O2/c1-18(13-4-3-12(9-14(13)20)19(21,22)23)5-8-26(11-18)6-2-7-27-10-15(24)16(28)25-17(27)29/h3-4,9-10H,2,5-8,11H2,1H3,(H,25,28,29)/t18-/m1/s1. The summed E-state index contributed by atoms with van der Waals surface area (Å²) in [6, 6.07) is 2.73. The Morgan fingerprint density at radius 1 is 1.24 bits per heavy atom. The van der Waals surface area contributed by atoms with E-state index in [1.54, 1.807) is 0 Å². The first-order valence-electron chi connectivity index (χ1n) is 9.08. The third-order valence-electron chi connectivity index (χ3n) is 5.34. The van der Waals surface area contributed by atoms with Gasteiger partial charge in [0.1, 0.15) is 5.82 Å². The lowest BCUT2D eigenvalue weighted by atomic mass is 9.81. The van der Waals surface area contributed by atoms with Gasteiger partial charge in [0.2, 0.25) is 0 Å². The minimum Gasteiger partial charge on any atom is -0.302 e. The van der Waals surface area contributed by atoms with E-state index in [1.807, 2.05) is 29.5 Å². The number of aromatic nitrogens is 2. The molecule has 0 radical (unpaired) electrons. The van der Waals surface area contributed by atoms with E-state index in [0.29, 0.717) is 54.2 Å². The van der Waals surface area contributed by atoms with E-state index in [2.05, 4.69) is 9.88 Å². The van der Waals surface area contributed by atoms with Crippen molar-refractivity contribution in [3.8, 4) is 0 Å². The molecule has 1 aromatic heterocycles. The number of likely N-dealkylation sites (tertiary alicyclic amines) is 1. The van der Waals surface area contributed by atoms with Crippen LogP contribution in [0.25, 0.3) is 0 Å². The van der Waals surface area contributed by atoms with Crippen molar-refractivity contribution in [2.24, 2.45) is 0 Å². The summed E-state index contributed by atoms with van der Waals surface area (Å²) in [5.41, 5.74) is -2.15. The van der Waals surface area contributed by atoms with E-state index >= 15 is 0 Å². The summed E-state index contributed by atoms with van der Waals surface area (Å²) in [4.78, 5) is 27.6. The van der Waals surface area contributed by atoms with Gasteiger partial charge in [0, 0.05) is 24.7 Å². The summed E-state index contributed by atoms with van der Waals surface area (Å²) in [6.07, 6.45) is -1.79. The molecular formula is C19H20F4IN3O2. The molecule has 0 unspecified atom stereocenters. The summed E-state index contributed by atoms with van der Waals surface area (Å²) in [5.74, 6) is -0.835. The Bertz CT molecular complexity index is 1020. The molecule has 1 aliphatic rings. The number of benzene rings is 1. The Morgan fingerprint density at radius 3 is 2.62 bits per heavy atom. The SMILES string of the molecule is C[C@@]1(c2ccc(C(F)(F)F)cc2F)CCN(CCCn2cc(I)c(=O)[nH]c2=O)C1. The summed E-state index contributed by atoms with van der Waals surface area (Å²) < 4.78 is 54.6. The molecule has 1 aromatic carbocycles. The molecule has 1 atom stereocenters. The Labute approximate surface area is 177 Å². The fourth-order valence-corrected chi connectivity index (χ4v) is 4.23. The molecule has 2 aromatic rings. The first-order chi connectivity index (χ1) is 13.5. The van der Waals surface area contributed by atoms with Gasteiger partial charge in [0.05, 0.1) is 9.13 Å². The second-order valence-electron chi connectivity index (χ2n) is 7.56. The highest BCUT2D eigenvalue weighted by Crippen LogP contribution is 2.38. The van der Waals surface area contributed by atoms with Crippen LogP contribution in [-0.2, 0) is 18.1 Å². The first-order valence-corrected chi connectivity index (χ1v) is 10.2. The van der Waals surface area contributed by atoms with Crippen LogP contribution < -0.4 is 11.2 Å². The van der Waals surface area contributed by atoms with Crippen LogP contribution in [0.3, 0.4) is 0 Å². The van der Waals surface area contributed by atoms with Gasteiger partial charge in [-0.15, -0.1) is 0 Å². The lowest BCUT2D eigenvalue weighted by Gasteiger charge is -2.26. The summed E-state index contributed by atoms with van der Waals surface area (Å²) in [7, 11) is 0. The molecule has 0 bridgehead atoms. The van der Waals surface area contributed by atoms with Crippen LogP contribution in [0.1, 0.15) is 30.9 Å². The zero-order valence-corrected chi connectivity index (χ0v) is 17.8. The molecule has 1 aliphatic heterocycles. The Morgan fingerprint density at radius 2 is 1.97 bits per heavy atom. The van der Waals surface area contributed by atoms with Gasteiger partial charge in [-0.25, -0.2) is 9.18 Å². The Hall–Kier alpha value is -1.69. The summed E-state index contributed by atoms with van der Waals surface area (Å²) in [6.45, 7) is 4.14. The molecule has 0 saturated carbocycles. The van der Waals surface area contributed by atoms with Crippen molar-refractivity contribution in [2.75, 3.05) is 19.6 Å². The van der Waals surface area contributed by atoms with Crippen LogP contribution in [0, 0.1) is 9.39 Å². The predicted octanol–water partition coefficient (Wildman–Crippen LogP) is 3.35. The number of hydrogen-bond acceptors (Lipinski definition) is 3. The molecule has 10 heteroatoms. The molecule has 5 nitrogen and oxygen atoms in total. The molecule has 0 amide bonds. The number of aryl methyl sites for hydroxylation is 1. The predicted molar refractivity (Wildman–Crippen MR) is 108 cm³/mol. The van der Waals surface area contributed by atoms with Crippen molar-refractivity contribution in [1.82, 2.24) is 14.5 Å². The van der Waals surface area contributed by atoms with Crippen molar-refractivity contribution in [3.63, 3.8) is 0 Å². The number of H-pyrrole nitrogens is 1. The molecule has 1 N–H and O–H groups in total. The highest BCUT2D eigenvalue weighted by atomic mass is 127. The molecule has 158 valence electrons. The highest BCUT2D eigenvalue weighted by Gasteiger charge is 2.38. The number of hydrogen-bond donors (Lipinski definition) is 1. The van der Waals surface area contributed by atoms with Crippen LogP contribution in [-0.4, -0.2) is 34.1 Å². The molecule has 1 saturated heterocycles. The maximum absolute atomic E-state index is 14.4. The minimum absolute atomic E-state index is 0.291. The van der Waals surface area contributed by atoms with Crippen molar-refractivity contribution in [2.45, 2.75) is 37.9 Å². The number of alkyl halides is 3. The third-order valence-corrected chi connectivity index (χ3v) is 6.11. The highest BCUT2D eigenvalue weighted by molar-refractivity contribution is 14.1. The van der Waals surface area contributed by atoms with Crippen molar-refractivity contribution in [3.05, 3.63) is 65.7 Å². The van der Waals surface area contributed by atoms with Crippen LogP contribution in [0.5, 0.6) is 0 Å². The van der Waals surface area contributed by atoms with Crippen molar-refractivity contribution in [1.29, 1.82) is 0 Å². The van der Waals surface area contributed by atoms with Crippen LogP contribution in [0.15, 0.2) is 34.0 Å². The number of nitrogens with one attached hydrogen (secondary N) is 1. The van der Waals surface area contributed by atoms with Gasteiger partial charge < -0.3 is 4.90 Å². The van der Waals surface area contributed by atoms with Gasteiger partial charge in [-0.2, -0.15) is 13.2 Å². The van der Waals surface area contributed by atoms with Gasteiger partial charge >= 0.3 is 11.9 Å². The molecule has 0 spiro atoms. The van der Waals surface area contributed by atoms with Crippen LogP contribution in [0.2, 0.25) is 0 Å². The van der Waals surface area contributed by atoms with Gasteiger partial charge in [-0.1, -0.05) is 13.0 Å². The molecule has 29 heavy (non-hydrogen) atoms. The topological polar surface area (TPSA) is 58.1 Å². The molecular weight excluding hydrogens is 505 g/mol. The lowest BCUT2D eigenvalue weighted by Crippen LogP contribution is -2.33. The van der Waals surface area contributed by atoms with E-state index in [-0.39, 0.29) is 0 Å². The Balaban J connectivity index is 1.63. The zero-order chi connectivity index (χ0) is 21.4. The first kappa shape index (κ1) is 22.0. The number of aromatic amines is 1. The summed E-state index contributed by atoms with van der Waals surface area (Å²) >= 11 is 1.86. The van der Waals surface area contributed by atoms with Gasteiger partial charge in [-0.3, -0.25) is 14.3 Å². The lowest BCUT2D eigenvalue weighted by molar-refractivity contribution is -0.137. The minimum atomic E-state index is -4.57. The fraction of sp³-hybridized carbons (Fsp3) is 0.474. The van der Waals surface area contributed by atoms with E-state index in [0.717, 1.165) is 6.07 Å². The molecule has 3 rings (SSSR count). The zero-order valence-electron chi connectivity index (χ0n) is 15.7. The van der Waals surface area contributed by atoms with Gasteiger partial charge in [0.25, 0.3) is 5.56 Å². The van der Waals surface area contributed by atoms with Gasteiger partial charge in [-0.05, 0) is 66.2 Å². The quantitative estimate of drug-likeness (QED) is 0.482. The maximum Gasteiger partial charge on any atom is 0.416 e. The van der Waals surface area contributed by atoms with Crippen molar-refractivity contribution >= 4 is 22.6 Å². The smallest absolute Gasteiger partial charge is 0.302 e. The Kier molecular flexibility index (Phi) is 6.23. The van der Waals surface area contributed by atoms with E-state index in [1.165, 1.54) is 16.8 Å². The average Bonchev–Trinajstić information content (AvgIpc) is 3.00. The second kappa shape index (κ2) is 8.21. The molecule has 0 aliphatic carbocycles. The molecule has 2 heterocycles. The van der Waals surface area contributed by atoms with Crippen LogP contribution in [0.4, 0.5) is 17.6 Å². The number of halogens is 5. The fourth-order valence-electron chi connectivity index (χ4n) is 3.76. The summed E-state index contributed by atoms with van der Waals surface area (Å²) in [5, 5.41) is 0. The van der Waals surface area contributed by atoms with Crippen LogP contribution >= 0.6 is 22.6 Å². The number of nitrogens with zero attached hydrogens (tertiary/aromatic N) is 2. The van der Waals surface area contributed by atoms with E-state index < -0.39 is 34.2 Å². The largest absolute Gasteiger partial charge is 0.416 e. The number of rotatable bonds is 5. The van der Waals surface area contributed by atoms with Gasteiger partial charge in [0.15, 0.2) is 0 Å². The monoisotopic (exact) mass is 525 g/mol. The average molecular weight is 525 g/mol. The van der Waals surface area contributed by atoms with E-state index in [9.17, 15) is 27.2 Å². The third kappa shape index (κ3) is 4.90. The normalized spacial score (nSPS) is 20.3. The molecule has 1 fully saturated rings. The van der Waals surface area contributed by atoms with E-state index in [4.69, 9.17) is 0 Å². The van der Waals surface area contributed by atoms with Crippen molar-refractivity contribution < 1.29 is 17.6 Å². The second-order valence-corrected chi connectivity index (χ2v) is 8.72.